The van der Waals surface area contributed by atoms with Gasteiger partial charge in [0.1, 0.15) is 0 Å². The number of benzene rings is 1. The lowest BCUT2D eigenvalue weighted by Gasteiger charge is -2.21. The van der Waals surface area contributed by atoms with Crippen molar-refractivity contribution in [1.29, 1.82) is 0 Å². The molecule has 0 saturated heterocycles. The lowest BCUT2D eigenvalue weighted by molar-refractivity contribution is 0.102. The Kier molecular flexibility index (Phi) is 4.94. The quantitative estimate of drug-likeness (QED) is 0.862. The van der Waals surface area contributed by atoms with E-state index in [2.05, 4.69) is 20.7 Å². The number of nitrogens with one attached hydrogen (secondary N) is 2. The first kappa shape index (κ1) is 16.6. The molecule has 24 heavy (non-hydrogen) atoms. The summed E-state index contributed by atoms with van der Waals surface area (Å²) in [5, 5.41) is 12.1. The van der Waals surface area contributed by atoms with Crippen LogP contribution in [0.5, 0.6) is 0 Å². The van der Waals surface area contributed by atoms with E-state index in [1.54, 1.807) is 24.3 Å². The first-order valence-corrected chi connectivity index (χ1v) is 9.74. The number of anilines is 1. The maximum atomic E-state index is 12.6. The molecule has 1 aromatic carbocycles. The van der Waals surface area contributed by atoms with Crippen LogP contribution in [0.4, 0.5) is 5.69 Å². The summed E-state index contributed by atoms with van der Waals surface area (Å²) < 4.78 is 25.1. The second-order valence-corrected chi connectivity index (χ2v) is 8.36. The molecule has 7 nitrogen and oxygen atoms in total. The van der Waals surface area contributed by atoms with Crippen LogP contribution in [0.2, 0.25) is 0 Å². The van der Waals surface area contributed by atoms with E-state index >= 15 is 0 Å². The molecular formula is C16H20N4O3S. The molecule has 0 unspecified atom stereocenters. The van der Waals surface area contributed by atoms with Crippen molar-refractivity contribution in [2.24, 2.45) is 0 Å². The zero-order chi connectivity index (χ0) is 17.0. The molecule has 0 radical (unpaired) electrons. The second-order valence-electron chi connectivity index (χ2n) is 6.08. The average Bonchev–Trinajstić information content (AvgIpc) is 3.10. The number of aromatic nitrogens is 3. The molecule has 1 amide bonds. The molecule has 0 bridgehead atoms. The summed E-state index contributed by atoms with van der Waals surface area (Å²) in [6, 6.07) is 6.92. The molecule has 1 aliphatic rings. The number of H-pyrrole nitrogens is 1. The summed E-state index contributed by atoms with van der Waals surface area (Å²) in [5.41, 5.74) is 1.40. The minimum absolute atomic E-state index is 0.00530. The zero-order valence-corrected chi connectivity index (χ0v) is 14.1. The van der Waals surface area contributed by atoms with E-state index in [0.717, 1.165) is 32.1 Å². The predicted octanol–water partition coefficient (Wildman–Crippen LogP) is 2.30. The van der Waals surface area contributed by atoms with Crippen LogP contribution in [0.25, 0.3) is 0 Å². The minimum Gasteiger partial charge on any atom is -0.321 e. The van der Waals surface area contributed by atoms with Gasteiger partial charge in [-0.25, -0.2) is 8.42 Å². The summed E-state index contributed by atoms with van der Waals surface area (Å²) in [6.45, 7) is 0. The number of rotatable bonds is 5. The molecule has 2 aromatic rings. The largest absolute Gasteiger partial charge is 0.321 e. The van der Waals surface area contributed by atoms with Crippen LogP contribution in [-0.4, -0.2) is 35.0 Å². The Labute approximate surface area is 140 Å². The van der Waals surface area contributed by atoms with Crippen molar-refractivity contribution < 1.29 is 13.2 Å². The molecule has 0 atom stereocenters. The molecule has 1 heterocycles. The molecule has 3 rings (SSSR count). The molecule has 0 spiro atoms. The van der Waals surface area contributed by atoms with Crippen molar-refractivity contribution in [1.82, 2.24) is 15.4 Å². The summed E-state index contributed by atoms with van der Waals surface area (Å²) in [5.74, 6) is -0.387. The van der Waals surface area contributed by atoms with Gasteiger partial charge in [0.2, 0.25) is 0 Å². The van der Waals surface area contributed by atoms with Gasteiger partial charge < -0.3 is 5.32 Å². The van der Waals surface area contributed by atoms with E-state index in [9.17, 15) is 13.2 Å². The van der Waals surface area contributed by atoms with Gasteiger partial charge in [-0.2, -0.15) is 15.4 Å². The number of carbonyl (C=O) groups is 1. The fourth-order valence-corrected chi connectivity index (χ4v) is 4.95. The van der Waals surface area contributed by atoms with Gasteiger partial charge in [-0.3, -0.25) is 4.79 Å². The van der Waals surface area contributed by atoms with Crippen molar-refractivity contribution in [3.05, 3.63) is 41.7 Å². The van der Waals surface area contributed by atoms with E-state index < -0.39 is 15.7 Å². The van der Waals surface area contributed by atoms with Crippen molar-refractivity contribution >= 4 is 21.4 Å². The summed E-state index contributed by atoms with van der Waals surface area (Å²) in [6.07, 6.45) is 5.92. The lowest BCUT2D eigenvalue weighted by Crippen LogP contribution is -2.25. The highest BCUT2D eigenvalue weighted by atomic mass is 32.2. The second kappa shape index (κ2) is 7.12. The molecule has 1 saturated carbocycles. The third-order valence-corrected chi connectivity index (χ3v) is 6.48. The highest BCUT2D eigenvalue weighted by Crippen LogP contribution is 2.26. The standard InChI is InChI=1S/C16H20N4O3S/c21-16(15-10-17-20-19-15)18-13-6-4-5-12(9-13)11-24(22,23)14-7-2-1-3-8-14/h4-6,9-10,14H,1-3,7-8,11H2,(H,18,21)(H,17,19,20). The maximum absolute atomic E-state index is 12.6. The van der Waals surface area contributed by atoms with Gasteiger partial charge in [0.05, 0.1) is 17.2 Å². The monoisotopic (exact) mass is 348 g/mol. The Morgan fingerprint density at radius 1 is 1.25 bits per heavy atom. The highest BCUT2D eigenvalue weighted by Gasteiger charge is 2.27. The SMILES string of the molecule is O=C(Nc1cccc(CS(=O)(=O)C2CCCCC2)c1)c1cn[nH]n1. The van der Waals surface area contributed by atoms with Crippen molar-refractivity contribution in [3.8, 4) is 0 Å². The van der Waals surface area contributed by atoms with Crippen LogP contribution < -0.4 is 5.32 Å². The maximum Gasteiger partial charge on any atom is 0.277 e. The Bertz CT molecular complexity index is 796. The lowest BCUT2D eigenvalue weighted by atomic mass is 10.0. The third kappa shape index (κ3) is 4.00. The highest BCUT2D eigenvalue weighted by molar-refractivity contribution is 7.91. The number of aromatic amines is 1. The average molecular weight is 348 g/mol. The molecule has 1 aliphatic carbocycles. The van der Waals surface area contributed by atoms with Crippen LogP contribution in [0.3, 0.4) is 0 Å². The van der Waals surface area contributed by atoms with Gasteiger partial charge in [-0.15, -0.1) is 0 Å². The topological polar surface area (TPSA) is 105 Å². The summed E-state index contributed by atoms with van der Waals surface area (Å²) in [4.78, 5) is 12.0. The first-order valence-electron chi connectivity index (χ1n) is 8.02. The van der Waals surface area contributed by atoms with Gasteiger partial charge in [-0.05, 0) is 30.5 Å². The smallest absolute Gasteiger partial charge is 0.277 e. The Morgan fingerprint density at radius 2 is 2.04 bits per heavy atom. The van der Waals surface area contributed by atoms with E-state index in [1.807, 2.05) is 0 Å². The molecule has 128 valence electrons. The normalized spacial score (nSPS) is 16.0. The van der Waals surface area contributed by atoms with Gasteiger partial charge in [-0.1, -0.05) is 31.4 Å². The van der Waals surface area contributed by atoms with E-state index in [0.29, 0.717) is 11.3 Å². The Balaban J connectivity index is 1.70. The van der Waals surface area contributed by atoms with Crippen LogP contribution in [0.1, 0.15) is 48.2 Å². The van der Waals surface area contributed by atoms with Crippen LogP contribution >= 0.6 is 0 Å². The third-order valence-electron chi connectivity index (χ3n) is 4.26. The molecule has 2 N–H and O–H groups in total. The van der Waals surface area contributed by atoms with Crippen LogP contribution in [0, 0.1) is 0 Å². The number of amides is 1. The van der Waals surface area contributed by atoms with E-state index in [4.69, 9.17) is 0 Å². The zero-order valence-electron chi connectivity index (χ0n) is 13.2. The number of sulfone groups is 1. The number of hydrogen-bond donors (Lipinski definition) is 2. The fourth-order valence-electron chi connectivity index (χ4n) is 3.02. The van der Waals surface area contributed by atoms with Crippen molar-refractivity contribution in [2.45, 2.75) is 43.1 Å². The van der Waals surface area contributed by atoms with Gasteiger partial charge in [0, 0.05) is 5.69 Å². The minimum atomic E-state index is -3.16. The Hall–Kier alpha value is -2.22. The Morgan fingerprint density at radius 3 is 2.75 bits per heavy atom. The van der Waals surface area contributed by atoms with E-state index in [1.165, 1.54) is 6.20 Å². The summed E-state index contributed by atoms with van der Waals surface area (Å²) in [7, 11) is -3.16. The summed E-state index contributed by atoms with van der Waals surface area (Å²) >= 11 is 0. The van der Waals surface area contributed by atoms with Crippen molar-refractivity contribution in [2.75, 3.05) is 5.32 Å². The molecule has 0 aliphatic heterocycles. The molecule has 8 heteroatoms. The van der Waals surface area contributed by atoms with Crippen LogP contribution in [-0.2, 0) is 15.6 Å². The first-order chi connectivity index (χ1) is 11.5. The molecular weight excluding hydrogens is 328 g/mol. The fraction of sp³-hybridized carbons (Fsp3) is 0.438. The van der Waals surface area contributed by atoms with Gasteiger partial charge >= 0.3 is 0 Å². The number of nitrogens with zero attached hydrogens (tertiary/aromatic N) is 2. The molecule has 1 aromatic heterocycles. The van der Waals surface area contributed by atoms with E-state index in [-0.39, 0.29) is 16.7 Å². The van der Waals surface area contributed by atoms with Gasteiger partial charge in [0.15, 0.2) is 15.5 Å². The number of carbonyl (C=O) groups excluding carboxylic acids is 1. The van der Waals surface area contributed by atoms with Crippen LogP contribution in [0.15, 0.2) is 30.5 Å². The predicted molar refractivity (Wildman–Crippen MR) is 90.3 cm³/mol. The van der Waals surface area contributed by atoms with Crippen molar-refractivity contribution in [3.63, 3.8) is 0 Å². The molecule has 1 fully saturated rings. The number of hydrogen-bond acceptors (Lipinski definition) is 5. The van der Waals surface area contributed by atoms with Gasteiger partial charge in [0.25, 0.3) is 5.91 Å².